The van der Waals surface area contributed by atoms with Crippen molar-refractivity contribution in [1.29, 1.82) is 0 Å². The third-order valence-electron chi connectivity index (χ3n) is 12.2. The normalized spacial score (nSPS) is 43.0. The summed E-state index contributed by atoms with van der Waals surface area (Å²) in [4.78, 5) is 39.5. The molecule has 3 saturated heterocycles. The van der Waals surface area contributed by atoms with Gasteiger partial charge in [-0.3, -0.25) is 19.5 Å². The molecule has 1 aromatic rings. The molecule has 6 fully saturated rings. The summed E-state index contributed by atoms with van der Waals surface area (Å²) in [5, 5.41) is 0. The van der Waals surface area contributed by atoms with Crippen LogP contribution in [-0.4, -0.2) is 93.6 Å². The highest BCUT2D eigenvalue weighted by molar-refractivity contribution is 6.20. The van der Waals surface area contributed by atoms with Crippen molar-refractivity contribution < 1.29 is 18.7 Å². The minimum atomic E-state index is -1.20. The fourth-order valence-electron chi connectivity index (χ4n) is 10.2. The van der Waals surface area contributed by atoms with Gasteiger partial charge in [0.25, 0.3) is 5.91 Å². The Labute approximate surface area is 254 Å². The summed E-state index contributed by atoms with van der Waals surface area (Å²) < 4.78 is 23.4. The van der Waals surface area contributed by atoms with E-state index < -0.39 is 24.2 Å². The Morgan fingerprint density at radius 2 is 1.81 bits per heavy atom. The van der Waals surface area contributed by atoms with Crippen LogP contribution in [0.4, 0.5) is 4.39 Å². The molecule has 8 rings (SSSR count). The number of rotatable bonds is 3. The van der Waals surface area contributed by atoms with E-state index in [0.717, 1.165) is 50.6 Å². The number of ether oxygens (including phenoxy) is 1. The van der Waals surface area contributed by atoms with Gasteiger partial charge in [-0.05, 0) is 68.4 Å². The SMILES string of the molecule is NC1CCN(C2C(F)CC3C(=O)C(C(=O)N4CCCCC4c4cccnc4)=CN4C5CC6CCCCC6CC5OC2C34)C1. The number of likely N-dealkylation sites (tertiary alicyclic amines) is 2. The molecule has 0 aromatic carbocycles. The quantitative estimate of drug-likeness (QED) is 0.535. The molecular weight excluding hydrogens is 545 g/mol. The van der Waals surface area contributed by atoms with Crippen LogP contribution in [0.3, 0.4) is 0 Å². The second-order valence-corrected chi connectivity index (χ2v) is 14.5. The van der Waals surface area contributed by atoms with E-state index in [0.29, 0.717) is 24.9 Å². The van der Waals surface area contributed by atoms with Gasteiger partial charge >= 0.3 is 0 Å². The molecule has 11 unspecified atom stereocenters. The van der Waals surface area contributed by atoms with Gasteiger partial charge in [0.05, 0.1) is 41.9 Å². The van der Waals surface area contributed by atoms with Gasteiger partial charge < -0.3 is 20.3 Å². The number of halogens is 1. The second-order valence-electron chi connectivity index (χ2n) is 14.5. The number of piperidine rings is 1. The minimum Gasteiger partial charge on any atom is -0.369 e. The van der Waals surface area contributed by atoms with Crippen molar-refractivity contribution in [2.24, 2.45) is 23.5 Å². The average molecular weight is 592 g/mol. The number of nitrogens with zero attached hydrogens (tertiary/aromatic N) is 4. The summed E-state index contributed by atoms with van der Waals surface area (Å²) in [5.41, 5.74) is 7.54. The van der Waals surface area contributed by atoms with Gasteiger partial charge in [0, 0.05) is 50.2 Å². The summed E-state index contributed by atoms with van der Waals surface area (Å²) >= 11 is 0. The molecule has 4 aliphatic heterocycles. The molecule has 43 heavy (non-hydrogen) atoms. The van der Waals surface area contributed by atoms with Crippen LogP contribution in [-0.2, 0) is 14.3 Å². The molecule has 8 nitrogen and oxygen atoms in total. The molecule has 3 aliphatic carbocycles. The number of pyridine rings is 1. The Bertz CT molecular complexity index is 1260. The van der Waals surface area contributed by atoms with Crippen LogP contribution in [0, 0.1) is 17.8 Å². The van der Waals surface area contributed by atoms with E-state index in [1.807, 2.05) is 29.4 Å². The summed E-state index contributed by atoms with van der Waals surface area (Å²) in [7, 11) is 0. The Balaban J connectivity index is 1.17. The van der Waals surface area contributed by atoms with Crippen molar-refractivity contribution in [3.8, 4) is 0 Å². The molecule has 0 radical (unpaired) electrons. The van der Waals surface area contributed by atoms with Crippen molar-refractivity contribution >= 4 is 11.7 Å². The predicted molar refractivity (Wildman–Crippen MR) is 159 cm³/mol. The molecule has 2 N–H and O–H groups in total. The van der Waals surface area contributed by atoms with Crippen LogP contribution in [0.2, 0.25) is 0 Å². The van der Waals surface area contributed by atoms with Gasteiger partial charge in [-0.15, -0.1) is 0 Å². The zero-order chi connectivity index (χ0) is 29.2. The lowest BCUT2D eigenvalue weighted by Gasteiger charge is -2.61. The van der Waals surface area contributed by atoms with E-state index in [1.54, 1.807) is 6.20 Å². The lowest BCUT2D eigenvalue weighted by Crippen LogP contribution is -2.73. The first kappa shape index (κ1) is 28.1. The fourth-order valence-corrected chi connectivity index (χ4v) is 10.2. The summed E-state index contributed by atoms with van der Waals surface area (Å²) in [6.07, 6.45) is 14.7. The number of ketones is 1. The second kappa shape index (κ2) is 11.2. The molecule has 0 bridgehead atoms. The fraction of sp³-hybridized carbons (Fsp3) is 0.735. The highest BCUT2D eigenvalue weighted by atomic mass is 19.1. The summed E-state index contributed by atoms with van der Waals surface area (Å²) in [6.45, 7) is 2.04. The van der Waals surface area contributed by atoms with Crippen LogP contribution in [0.25, 0.3) is 0 Å². The number of amides is 1. The molecule has 0 spiro atoms. The molecule has 7 aliphatic rings. The smallest absolute Gasteiger partial charge is 0.259 e. The van der Waals surface area contributed by atoms with Crippen LogP contribution in [0.15, 0.2) is 36.3 Å². The first-order valence-electron chi connectivity index (χ1n) is 17.0. The van der Waals surface area contributed by atoms with E-state index in [-0.39, 0.29) is 54.0 Å². The van der Waals surface area contributed by atoms with Gasteiger partial charge in [0.15, 0.2) is 5.78 Å². The Morgan fingerprint density at radius 3 is 2.58 bits per heavy atom. The maximum atomic E-state index is 16.4. The number of morpholine rings is 1. The third-order valence-corrected chi connectivity index (χ3v) is 12.2. The van der Waals surface area contributed by atoms with E-state index in [4.69, 9.17) is 10.5 Å². The number of alkyl halides is 1. The monoisotopic (exact) mass is 591 g/mol. The van der Waals surface area contributed by atoms with E-state index in [2.05, 4.69) is 14.8 Å². The zero-order valence-corrected chi connectivity index (χ0v) is 25.1. The van der Waals surface area contributed by atoms with E-state index in [1.165, 1.54) is 25.7 Å². The van der Waals surface area contributed by atoms with Gasteiger partial charge in [0.2, 0.25) is 0 Å². The van der Waals surface area contributed by atoms with E-state index in [9.17, 15) is 9.59 Å². The molecule has 1 aromatic heterocycles. The first-order valence-corrected chi connectivity index (χ1v) is 17.0. The van der Waals surface area contributed by atoms with Gasteiger partial charge in [0.1, 0.15) is 6.17 Å². The number of carbonyl (C=O) groups excluding carboxylic acids is 2. The number of fused-ring (bicyclic) bond motifs is 3. The van der Waals surface area contributed by atoms with Crippen LogP contribution in [0.5, 0.6) is 0 Å². The van der Waals surface area contributed by atoms with Crippen LogP contribution < -0.4 is 5.73 Å². The lowest BCUT2D eigenvalue weighted by molar-refractivity contribution is -0.219. The number of hydrogen-bond donors (Lipinski definition) is 1. The number of Topliss-reactive ketones (excluding diaryl/α,β-unsaturated/α-hetero) is 1. The molecule has 5 heterocycles. The first-order chi connectivity index (χ1) is 21.0. The van der Waals surface area contributed by atoms with Crippen LogP contribution in [0.1, 0.15) is 82.2 Å². The number of nitrogens with two attached hydrogens (primary N) is 1. The average Bonchev–Trinajstić information content (AvgIpc) is 3.46. The summed E-state index contributed by atoms with van der Waals surface area (Å²) in [5.74, 6) is 0.324. The maximum Gasteiger partial charge on any atom is 0.259 e. The molecule has 232 valence electrons. The Kier molecular flexibility index (Phi) is 7.34. The summed E-state index contributed by atoms with van der Waals surface area (Å²) in [6, 6.07) is 3.35. The van der Waals surface area contributed by atoms with Crippen molar-refractivity contribution in [3.05, 3.63) is 41.9 Å². The Morgan fingerprint density at radius 1 is 1.00 bits per heavy atom. The van der Waals surface area contributed by atoms with Gasteiger partial charge in [-0.2, -0.15) is 0 Å². The highest BCUT2D eigenvalue weighted by Gasteiger charge is 2.61. The van der Waals surface area contributed by atoms with Crippen molar-refractivity contribution in [2.75, 3.05) is 19.6 Å². The molecule has 1 amide bonds. The molecule has 3 saturated carbocycles. The Hall–Kier alpha value is -2.36. The van der Waals surface area contributed by atoms with E-state index >= 15 is 4.39 Å². The highest BCUT2D eigenvalue weighted by Crippen LogP contribution is 2.51. The number of hydrogen-bond acceptors (Lipinski definition) is 7. The minimum absolute atomic E-state index is 0.00995. The number of aromatic nitrogens is 1. The maximum absolute atomic E-state index is 16.4. The van der Waals surface area contributed by atoms with Crippen molar-refractivity contribution in [2.45, 2.75) is 119 Å². The predicted octanol–water partition coefficient (Wildman–Crippen LogP) is 3.77. The molecular formula is C34H46FN5O3. The topological polar surface area (TPSA) is 92.0 Å². The zero-order valence-electron chi connectivity index (χ0n) is 25.1. The molecule has 11 atom stereocenters. The van der Waals surface area contributed by atoms with Crippen molar-refractivity contribution in [1.82, 2.24) is 19.7 Å². The van der Waals surface area contributed by atoms with Gasteiger partial charge in [-0.1, -0.05) is 31.7 Å². The number of carbonyl (C=O) groups is 2. The largest absolute Gasteiger partial charge is 0.369 e. The van der Waals surface area contributed by atoms with Crippen LogP contribution >= 0.6 is 0 Å². The third kappa shape index (κ3) is 4.76. The molecule has 9 heteroatoms. The lowest BCUT2D eigenvalue weighted by atomic mass is 9.64. The van der Waals surface area contributed by atoms with Gasteiger partial charge in [-0.25, -0.2) is 4.39 Å². The standard InChI is InChI=1S/C34H46FN5O3/c35-26-16-24-30-33(31(26)38-13-10-23(36)18-38)43-29-15-21-7-2-1-6-20(21)14-28(29)40(30)19-25(32(24)41)34(42)39-12-4-3-9-27(39)22-8-5-11-37-17-22/h5,8,11,17,19-21,23-24,26-31,33H,1-4,6-7,9-10,12-16,18,36H2. The van der Waals surface area contributed by atoms with Crippen molar-refractivity contribution in [3.63, 3.8) is 0 Å².